The van der Waals surface area contributed by atoms with Crippen molar-refractivity contribution >= 4 is 27.5 Å². The van der Waals surface area contributed by atoms with Crippen molar-refractivity contribution in [1.29, 1.82) is 0 Å². The standard InChI is InChI=1S/C8H5BrO4/c9-4-3-5(10)7-8(6(4)11)13-2-1-12-7/h3H,1-2H2. The van der Waals surface area contributed by atoms with Crippen molar-refractivity contribution in [2.24, 2.45) is 0 Å². The van der Waals surface area contributed by atoms with E-state index in [9.17, 15) is 9.59 Å². The molecule has 13 heavy (non-hydrogen) atoms. The molecule has 0 saturated carbocycles. The van der Waals surface area contributed by atoms with Crippen molar-refractivity contribution in [3.63, 3.8) is 0 Å². The van der Waals surface area contributed by atoms with E-state index in [-0.39, 0.29) is 27.6 Å². The average molecular weight is 245 g/mol. The summed E-state index contributed by atoms with van der Waals surface area (Å²) >= 11 is 2.98. The number of halogens is 1. The average Bonchev–Trinajstić information content (AvgIpc) is 2.15. The zero-order valence-corrected chi connectivity index (χ0v) is 8.09. The molecule has 1 aliphatic heterocycles. The van der Waals surface area contributed by atoms with Gasteiger partial charge in [0, 0.05) is 6.08 Å². The Balaban J connectivity index is 2.45. The maximum absolute atomic E-state index is 11.4. The highest BCUT2D eigenvalue weighted by molar-refractivity contribution is 9.12. The molecular weight excluding hydrogens is 240 g/mol. The molecule has 1 aliphatic carbocycles. The van der Waals surface area contributed by atoms with Crippen molar-refractivity contribution in [1.82, 2.24) is 0 Å². The third-order valence-corrected chi connectivity index (χ3v) is 2.28. The van der Waals surface area contributed by atoms with Gasteiger partial charge in [-0.25, -0.2) is 0 Å². The molecule has 0 N–H and O–H groups in total. The van der Waals surface area contributed by atoms with Crippen LogP contribution in [0, 0.1) is 0 Å². The van der Waals surface area contributed by atoms with E-state index in [1.54, 1.807) is 0 Å². The lowest BCUT2D eigenvalue weighted by atomic mass is 10.1. The first kappa shape index (κ1) is 8.50. The van der Waals surface area contributed by atoms with E-state index in [0.717, 1.165) is 0 Å². The molecule has 0 bridgehead atoms. The Kier molecular flexibility index (Phi) is 1.95. The Morgan fingerprint density at radius 3 is 2.46 bits per heavy atom. The minimum atomic E-state index is -0.339. The van der Waals surface area contributed by atoms with Crippen LogP contribution in [0.5, 0.6) is 0 Å². The fourth-order valence-corrected chi connectivity index (χ4v) is 1.51. The monoisotopic (exact) mass is 244 g/mol. The molecule has 4 nitrogen and oxygen atoms in total. The van der Waals surface area contributed by atoms with Gasteiger partial charge in [-0.1, -0.05) is 0 Å². The number of allylic oxidation sites excluding steroid dienone is 2. The first-order chi connectivity index (χ1) is 6.20. The third kappa shape index (κ3) is 1.29. The highest BCUT2D eigenvalue weighted by Gasteiger charge is 2.32. The Morgan fingerprint density at radius 1 is 1.15 bits per heavy atom. The van der Waals surface area contributed by atoms with E-state index >= 15 is 0 Å². The van der Waals surface area contributed by atoms with E-state index in [1.807, 2.05) is 0 Å². The predicted octanol–water partition coefficient (Wildman–Crippen LogP) is 0.675. The number of rotatable bonds is 0. The molecule has 0 saturated heterocycles. The normalized spacial score (nSPS) is 21.8. The summed E-state index contributed by atoms with van der Waals surface area (Å²) in [6.45, 7) is 0.613. The fraction of sp³-hybridized carbons (Fsp3) is 0.250. The van der Waals surface area contributed by atoms with Crippen LogP contribution in [-0.4, -0.2) is 24.8 Å². The van der Waals surface area contributed by atoms with E-state index < -0.39 is 0 Å². The molecule has 0 aromatic rings. The van der Waals surface area contributed by atoms with Crippen LogP contribution in [0.1, 0.15) is 0 Å². The lowest BCUT2D eigenvalue weighted by Gasteiger charge is -2.21. The number of carbonyl (C=O) groups excluding carboxylic acids is 2. The number of Topliss-reactive ketones (excluding diaryl/α,β-unsaturated/α-hetero) is 1. The van der Waals surface area contributed by atoms with Crippen LogP contribution < -0.4 is 0 Å². The topological polar surface area (TPSA) is 52.6 Å². The number of ketones is 2. The van der Waals surface area contributed by atoms with Crippen LogP contribution >= 0.6 is 15.9 Å². The molecule has 0 aromatic heterocycles. The molecule has 0 aromatic carbocycles. The summed E-state index contributed by atoms with van der Waals surface area (Å²) in [5.41, 5.74) is 0. The van der Waals surface area contributed by atoms with Crippen LogP contribution in [0.4, 0.5) is 0 Å². The molecule has 0 unspecified atom stereocenters. The molecule has 68 valence electrons. The summed E-state index contributed by atoms with van der Waals surface area (Å²) in [5.74, 6) is -0.624. The SMILES string of the molecule is O=C1C=C(Br)C(=O)C2=C1OCCO2. The molecule has 5 heteroatoms. The van der Waals surface area contributed by atoms with Gasteiger partial charge < -0.3 is 9.47 Å². The molecule has 0 spiro atoms. The first-order valence-electron chi connectivity index (χ1n) is 3.66. The quantitative estimate of drug-likeness (QED) is 0.589. The van der Waals surface area contributed by atoms with E-state index in [0.29, 0.717) is 13.2 Å². The number of hydrogen-bond donors (Lipinski definition) is 0. The second kappa shape index (κ2) is 2.99. The van der Waals surface area contributed by atoms with Crippen molar-refractivity contribution in [2.75, 3.05) is 13.2 Å². The summed E-state index contributed by atoms with van der Waals surface area (Å²) < 4.78 is 10.3. The van der Waals surface area contributed by atoms with Gasteiger partial charge >= 0.3 is 0 Å². The summed E-state index contributed by atoms with van der Waals surface area (Å²) in [6, 6.07) is 0. The van der Waals surface area contributed by atoms with E-state index in [1.165, 1.54) is 6.08 Å². The largest absolute Gasteiger partial charge is 0.483 e. The highest BCUT2D eigenvalue weighted by Crippen LogP contribution is 2.26. The van der Waals surface area contributed by atoms with Gasteiger partial charge in [-0.05, 0) is 15.9 Å². The summed E-state index contributed by atoms with van der Waals surface area (Å²) in [5, 5.41) is 0. The summed E-state index contributed by atoms with van der Waals surface area (Å²) in [4.78, 5) is 22.6. The molecule has 0 amide bonds. The van der Waals surface area contributed by atoms with Gasteiger partial charge in [-0.2, -0.15) is 0 Å². The second-order valence-corrected chi connectivity index (χ2v) is 3.40. The minimum Gasteiger partial charge on any atom is -0.483 e. The van der Waals surface area contributed by atoms with Crippen LogP contribution in [-0.2, 0) is 19.1 Å². The molecule has 0 radical (unpaired) electrons. The smallest absolute Gasteiger partial charge is 0.238 e. The molecule has 1 heterocycles. The van der Waals surface area contributed by atoms with Gasteiger partial charge in [0.25, 0.3) is 0 Å². The maximum atomic E-state index is 11.4. The van der Waals surface area contributed by atoms with Crippen LogP contribution in [0.25, 0.3) is 0 Å². The highest BCUT2D eigenvalue weighted by atomic mass is 79.9. The van der Waals surface area contributed by atoms with Crippen molar-refractivity contribution in [3.8, 4) is 0 Å². The van der Waals surface area contributed by atoms with E-state index in [4.69, 9.17) is 9.47 Å². The summed E-state index contributed by atoms with van der Waals surface area (Å²) in [7, 11) is 0. The van der Waals surface area contributed by atoms with Crippen LogP contribution in [0.2, 0.25) is 0 Å². The maximum Gasteiger partial charge on any atom is 0.238 e. The molecule has 2 aliphatic rings. The van der Waals surface area contributed by atoms with Gasteiger partial charge in [0.1, 0.15) is 13.2 Å². The van der Waals surface area contributed by atoms with Gasteiger partial charge in [0.15, 0.2) is 0 Å². The Morgan fingerprint density at radius 2 is 1.77 bits per heavy atom. The van der Waals surface area contributed by atoms with Crippen LogP contribution in [0.3, 0.4) is 0 Å². The lowest BCUT2D eigenvalue weighted by Crippen LogP contribution is -2.26. The Labute approximate surface area is 82.3 Å². The number of ether oxygens (including phenoxy) is 2. The van der Waals surface area contributed by atoms with Gasteiger partial charge in [-0.15, -0.1) is 0 Å². The minimum absolute atomic E-state index is 0.0191. The Bertz CT molecular complexity index is 353. The molecule has 2 rings (SSSR count). The summed E-state index contributed by atoms with van der Waals surface area (Å²) in [6.07, 6.45) is 1.19. The molecular formula is C8H5BrO4. The van der Waals surface area contributed by atoms with E-state index in [2.05, 4.69) is 15.9 Å². The van der Waals surface area contributed by atoms with Gasteiger partial charge in [0.2, 0.25) is 23.1 Å². The van der Waals surface area contributed by atoms with Crippen molar-refractivity contribution in [3.05, 3.63) is 22.1 Å². The predicted molar refractivity (Wildman–Crippen MR) is 46.0 cm³/mol. The third-order valence-electron chi connectivity index (χ3n) is 1.69. The Hall–Kier alpha value is -1.10. The van der Waals surface area contributed by atoms with Crippen molar-refractivity contribution in [2.45, 2.75) is 0 Å². The fourth-order valence-electron chi connectivity index (χ4n) is 1.12. The first-order valence-corrected chi connectivity index (χ1v) is 4.45. The molecule has 0 fully saturated rings. The number of carbonyl (C=O) groups is 2. The zero-order valence-electron chi connectivity index (χ0n) is 6.50. The van der Waals surface area contributed by atoms with Crippen molar-refractivity contribution < 1.29 is 19.1 Å². The molecule has 0 atom stereocenters. The van der Waals surface area contributed by atoms with Crippen LogP contribution in [0.15, 0.2) is 22.1 Å². The van der Waals surface area contributed by atoms with Gasteiger partial charge in [-0.3, -0.25) is 9.59 Å². The lowest BCUT2D eigenvalue weighted by molar-refractivity contribution is -0.123. The zero-order chi connectivity index (χ0) is 9.42. The second-order valence-electron chi connectivity index (χ2n) is 2.54. The van der Waals surface area contributed by atoms with Gasteiger partial charge in [0.05, 0.1) is 4.48 Å². The number of hydrogen-bond acceptors (Lipinski definition) is 4.